The molecule has 2 unspecified atom stereocenters. The Morgan fingerprint density at radius 1 is 1.00 bits per heavy atom. The standard InChI is InChI=1S/C49H61F3N6O10S/c1-29-9-7-8-10-33-27-48(33,44(61)56-69(63,64)47(5)17-18-47)55-41(59)39-26-36(28-58(39)43(60)40(30(2)23-29)54-45(62)68-46(3,4)49(50,51)52)67-42-37-16-15-35(65-6)24-32(37)25-38(53-42)31-11-13-34(14-12-31)57-19-21-66-22-20-57/h8,10-16,24-25,29-30,33,36,39-40H,7,9,17-23,26-28H2,1-6H3,(H,54,62)(H,55,59)(H,56,61)/b10-8-/t29-,30+,33?,36?,39-,40-,48+/m0/s1. The summed E-state index contributed by atoms with van der Waals surface area (Å²) in [5.41, 5.74) is -2.21. The van der Waals surface area contributed by atoms with Gasteiger partial charge in [0.25, 0.3) is 5.91 Å². The molecule has 69 heavy (non-hydrogen) atoms. The number of pyridine rings is 1. The Bertz CT molecular complexity index is 2600. The van der Waals surface area contributed by atoms with E-state index in [1.807, 2.05) is 49.4 Å². The van der Waals surface area contributed by atoms with Crippen LogP contribution in [0, 0.1) is 17.8 Å². The van der Waals surface area contributed by atoms with Gasteiger partial charge in [-0.1, -0.05) is 38.1 Å². The molecule has 0 spiro atoms. The van der Waals surface area contributed by atoms with Crippen LogP contribution in [0.5, 0.6) is 11.6 Å². The van der Waals surface area contributed by atoms with Gasteiger partial charge in [0.1, 0.15) is 29.5 Å². The van der Waals surface area contributed by atoms with Crippen molar-refractivity contribution >= 4 is 50.3 Å². The summed E-state index contributed by atoms with van der Waals surface area (Å²) in [4.78, 5) is 65.8. The molecule has 7 atom stereocenters. The number of alkyl halides is 3. The molecule has 4 fully saturated rings. The predicted molar refractivity (Wildman–Crippen MR) is 250 cm³/mol. The smallest absolute Gasteiger partial charge is 0.427 e. The Kier molecular flexibility index (Phi) is 13.7. The summed E-state index contributed by atoms with van der Waals surface area (Å²) in [7, 11) is -2.56. The normalized spacial score (nSPS) is 28.0. The number of allylic oxidation sites excluding steroid dienone is 1. The van der Waals surface area contributed by atoms with E-state index in [0.717, 1.165) is 29.7 Å². The number of halogens is 3. The molecule has 2 aromatic carbocycles. The minimum Gasteiger partial charge on any atom is -0.497 e. The van der Waals surface area contributed by atoms with E-state index < -0.39 is 85.9 Å². The molecule has 2 saturated heterocycles. The van der Waals surface area contributed by atoms with Gasteiger partial charge in [-0.15, -0.1) is 0 Å². The molecule has 0 bridgehead atoms. The molecule has 3 aromatic rings. The lowest BCUT2D eigenvalue weighted by Crippen LogP contribution is -2.59. The van der Waals surface area contributed by atoms with Crippen LogP contribution in [-0.2, 0) is 33.9 Å². The molecular weight excluding hydrogens is 922 g/mol. The second kappa shape index (κ2) is 18.9. The third-order valence-electron chi connectivity index (χ3n) is 14.4. The molecule has 3 N–H and O–H groups in total. The number of nitrogens with zero attached hydrogens (tertiary/aromatic N) is 3. The number of hydrogen-bond donors (Lipinski definition) is 3. The van der Waals surface area contributed by atoms with E-state index in [9.17, 15) is 36.0 Å². The van der Waals surface area contributed by atoms with Crippen LogP contribution in [0.25, 0.3) is 22.0 Å². The number of ether oxygens (including phenoxy) is 4. The summed E-state index contributed by atoms with van der Waals surface area (Å²) in [6.45, 7) is 9.11. The number of morpholine rings is 1. The van der Waals surface area contributed by atoms with Gasteiger partial charge < -0.3 is 39.4 Å². The molecule has 8 rings (SSSR count). The Morgan fingerprint density at radius 3 is 2.38 bits per heavy atom. The molecule has 2 saturated carbocycles. The number of carbonyl (C=O) groups is 4. The van der Waals surface area contributed by atoms with Gasteiger partial charge in [0.2, 0.25) is 33.3 Å². The van der Waals surface area contributed by atoms with Crippen LogP contribution in [0.1, 0.15) is 79.6 Å². The van der Waals surface area contributed by atoms with Gasteiger partial charge in [0.15, 0.2) is 0 Å². The monoisotopic (exact) mass is 982 g/mol. The maximum atomic E-state index is 15.1. The first kappa shape index (κ1) is 49.8. The predicted octanol–water partition coefficient (Wildman–Crippen LogP) is 6.42. The first-order chi connectivity index (χ1) is 32.5. The number of alkyl carbamates (subject to hydrolysis) is 1. The van der Waals surface area contributed by atoms with Gasteiger partial charge in [-0.05, 0) is 113 Å². The first-order valence-electron chi connectivity index (χ1n) is 23.5. The number of carbonyl (C=O) groups excluding carboxylic acids is 4. The van der Waals surface area contributed by atoms with Crippen LogP contribution in [0.4, 0.5) is 23.7 Å². The summed E-state index contributed by atoms with van der Waals surface area (Å²) >= 11 is 0. The van der Waals surface area contributed by atoms with Crippen LogP contribution >= 0.6 is 0 Å². The number of hydrogen-bond acceptors (Lipinski definition) is 12. The molecule has 0 radical (unpaired) electrons. The van der Waals surface area contributed by atoms with Gasteiger partial charge in [0.05, 0.1) is 37.3 Å². The van der Waals surface area contributed by atoms with E-state index in [-0.39, 0.29) is 31.2 Å². The minimum absolute atomic E-state index is 0.0581. The third-order valence-corrected chi connectivity index (χ3v) is 16.5. The second-order valence-electron chi connectivity index (χ2n) is 20.0. The highest BCUT2D eigenvalue weighted by Gasteiger charge is 2.63. The Labute approximate surface area is 400 Å². The summed E-state index contributed by atoms with van der Waals surface area (Å²) in [6.07, 6.45) is -1.52. The largest absolute Gasteiger partial charge is 0.497 e. The number of anilines is 1. The van der Waals surface area contributed by atoms with Crippen molar-refractivity contribution < 1.29 is 59.7 Å². The number of benzene rings is 2. The van der Waals surface area contributed by atoms with Crippen molar-refractivity contribution in [1.29, 1.82) is 0 Å². The van der Waals surface area contributed by atoms with Gasteiger partial charge in [-0.2, -0.15) is 13.2 Å². The van der Waals surface area contributed by atoms with Gasteiger partial charge in [0, 0.05) is 42.1 Å². The molecule has 20 heteroatoms. The fourth-order valence-electron chi connectivity index (χ4n) is 9.43. The van der Waals surface area contributed by atoms with Gasteiger partial charge in [-0.25, -0.2) is 18.2 Å². The summed E-state index contributed by atoms with van der Waals surface area (Å²) < 4.78 is 92.2. The van der Waals surface area contributed by atoms with Crippen molar-refractivity contribution in [2.24, 2.45) is 17.8 Å². The van der Waals surface area contributed by atoms with Crippen molar-refractivity contribution in [1.82, 2.24) is 25.2 Å². The Morgan fingerprint density at radius 2 is 1.71 bits per heavy atom. The van der Waals surface area contributed by atoms with E-state index >= 15 is 4.79 Å². The number of rotatable bonds is 10. The second-order valence-corrected chi connectivity index (χ2v) is 22.2. The maximum Gasteiger partial charge on any atom is 0.427 e. The van der Waals surface area contributed by atoms with E-state index in [1.165, 1.54) is 4.90 Å². The number of sulfonamides is 1. The number of amides is 4. The zero-order valence-corrected chi connectivity index (χ0v) is 40.5. The number of aromatic nitrogens is 1. The van der Waals surface area contributed by atoms with Crippen molar-refractivity contribution in [3.05, 3.63) is 60.7 Å². The van der Waals surface area contributed by atoms with Crippen molar-refractivity contribution in [3.8, 4) is 22.9 Å². The van der Waals surface area contributed by atoms with Crippen LogP contribution in [0.3, 0.4) is 0 Å². The Hall–Kier alpha value is -5.63. The lowest BCUT2D eigenvalue weighted by molar-refractivity contribution is -0.244. The minimum atomic E-state index is -4.93. The molecule has 1 aromatic heterocycles. The summed E-state index contributed by atoms with van der Waals surface area (Å²) in [5.74, 6) is -3.02. The fourth-order valence-corrected chi connectivity index (χ4v) is 10.7. The summed E-state index contributed by atoms with van der Waals surface area (Å²) in [5, 5.41) is 6.57. The van der Waals surface area contributed by atoms with E-state index in [2.05, 4.69) is 20.3 Å². The molecular formula is C49H61F3N6O10S. The van der Waals surface area contributed by atoms with Crippen LogP contribution < -0.4 is 29.7 Å². The summed E-state index contributed by atoms with van der Waals surface area (Å²) in [6, 6.07) is 12.4. The quantitative estimate of drug-likeness (QED) is 0.189. The molecule has 4 heterocycles. The van der Waals surface area contributed by atoms with Crippen LogP contribution in [-0.4, -0.2) is 122 Å². The molecule has 5 aliphatic rings. The SMILES string of the molecule is COc1ccc2c(OC3C[C@H]4C(=O)N[C@]5(C(=O)NS(=O)(=O)C6(C)CC6)CC5/C=C\CC[C@H](C)C[C@@H](C)[C@H](NC(=O)OC(C)(C)C(F)(F)F)C(=O)N4C3)nc(-c3ccc(N4CCOCC4)cc3)cc2c1. The van der Waals surface area contributed by atoms with E-state index in [0.29, 0.717) is 76.0 Å². The molecule has 3 aliphatic heterocycles. The molecule has 374 valence electrons. The third kappa shape index (κ3) is 10.5. The topological polar surface area (TPSA) is 195 Å². The van der Waals surface area contributed by atoms with E-state index in [1.54, 1.807) is 39.2 Å². The molecule has 2 aliphatic carbocycles. The van der Waals surface area contributed by atoms with Crippen molar-refractivity contribution in [2.75, 3.05) is 44.9 Å². The Balaban J connectivity index is 1.15. The van der Waals surface area contributed by atoms with E-state index in [4.69, 9.17) is 23.9 Å². The maximum absolute atomic E-state index is 15.1. The highest BCUT2D eigenvalue weighted by Crippen LogP contribution is 2.48. The zero-order valence-electron chi connectivity index (χ0n) is 39.7. The first-order valence-corrected chi connectivity index (χ1v) is 25.0. The molecule has 4 amide bonds. The van der Waals surface area contributed by atoms with Crippen molar-refractivity contribution in [2.45, 2.75) is 120 Å². The highest BCUT2D eigenvalue weighted by molar-refractivity contribution is 7.91. The average molecular weight is 983 g/mol. The fraction of sp³-hybridized carbons (Fsp3) is 0.571. The average Bonchev–Trinajstić information content (AvgIpc) is 4.19. The molecule has 16 nitrogen and oxygen atoms in total. The van der Waals surface area contributed by atoms with Crippen LogP contribution in [0.15, 0.2) is 60.7 Å². The van der Waals surface area contributed by atoms with Crippen LogP contribution in [0.2, 0.25) is 0 Å². The van der Waals surface area contributed by atoms with Gasteiger partial charge >= 0.3 is 12.3 Å². The lowest BCUT2D eigenvalue weighted by atomic mass is 9.88. The van der Waals surface area contributed by atoms with Gasteiger partial charge in [-0.3, -0.25) is 19.1 Å². The number of fused-ring (bicyclic) bond motifs is 3. The highest BCUT2D eigenvalue weighted by atomic mass is 32.2. The lowest BCUT2D eigenvalue weighted by Gasteiger charge is -2.34. The number of nitrogens with one attached hydrogen (secondary N) is 3. The van der Waals surface area contributed by atoms with Crippen molar-refractivity contribution in [3.63, 3.8) is 0 Å². The zero-order chi connectivity index (χ0) is 49.7. The number of methoxy groups -OCH3 is 1.